The van der Waals surface area contributed by atoms with Gasteiger partial charge < -0.3 is 20.8 Å². The van der Waals surface area contributed by atoms with Gasteiger partial charge in [-0.3, -0.25) is 0 Å². The molecule has 0 saturated heterocycles. The molecule has 0 amide bonds. The molecule has 74 valence electrons. The van der Waals surface area contributed by atoms with E-state index in [4.69, 9.17) is 15.9 Å². The van der Waals surface area contributed by atoms with E-state index < -0.39 is 0 Å². The number of nitrogen functional groups attached to an aromatic ring is 1. The number of thiazole rings is 1. The Kier molecular flexibility index (Phi) is 3.94. The van der Waals surface area contributed by atoms with E-state index in [-0.39, 0.29) is 13.2 Å². The predicted molar refractivity (Wildman–Crippen MR) is 52.9 cm³/mol. The van der Waals surface area contributed by atoms with E-state index in [2.05, 4.69) is 4.98 Å². The van der Waals surface area contributed by atoms with Crippen LogP contribution in [0.5, 0.6) is 0 Å². The molecule has 0 atom stereocenters. The number of aromatic nitrogens is 1. The van der Waals surface area contributed by atoms with Crippen molar-refractivity contribution in [2.45, 2.75) is 0 Å². The quantitative estimate of drug-likeness (QED) is 0.602. The fraction of sp³-hybridized carbons (Fsp3) is 0.571. The standard InChI is InChI=1S/C7H13N3O2S/c8-7-9-5-6(13-7)10(1-3-11)2-4-12/h5,11-12H,1-4H2,(H2,8,9). The van der Waals surface area contributed by atoms with Crippen LogP contribution < -0.4 is 10.6 Å². The Morgan fingerprint density at radius 2 is 2.00 bits per heavy atom. The molecule has 4 N–H and O–H groups in total. The molecule has 5 nitrogen and oxygen atoms in total. The van der Waals surface area contributed by atoms with Crippen molar-refractivity contribution in [1.29, 1.82) is 0 Å². The van der Waals surface area contributed by atoms with Gasteiger partial charge in [0.2, 0.25) is 0 Å². The summed E-state index contributed by atoms with van der Waals surface area (Å²) in [6.45, 7) is 1.08. The van der Waals surface area contributed by atoms with Crippen molar-refractivity contribution in [1.82, 2.24) is 4.98 Å². The van der Waals surface area contributed by atoms with E-state index in [0.29, 0.717) is 18.2 Å². The van der Waals surface area contributed by atoms with E-state index >= 15 is 0 Å². The van der Waals surface area contributed by atoms with Gasteiger partial charge in [0.1, 0.15) is 5.00 Å². The lowest BCUT2D eigenvalue weighted by Crippen LogP contribution is -2.28. The van der Waals surface area contributed by atoms with Crippen LogP contribution in [0.15, 0.2) is 6.20 Å². The third-order valence-electron chi connectivity index (χ3n) is 1.56. The second kappa shape index (κ2) is 5.00. The lowest BCUT2D eigenvalue weighted by atomic mass is 10.5. The van der Waals surface area contributed by atoms with Crippen LogP contribution >= 0.6 is 11.3 Å². The zero-order valence-corrected chi connectivity index (χ0v) is 8.00. The van der Waals surface area contributed by atoms with E-state index in [1.54, 1.807) is 6.20 Å². The van der Waals surface area contributed by atoms with Gasteiger partial charge in [-0.25, -0.2) is 4.98 Å². The Morgan fingerprint density at radius 1 is 1.38 bits per heavy atom. The van der Waals surface area contributed by atoms with Crippen LogP contribution in [-0.4, -0.2) is 41.5 Å². The highest BCUT2D eigenvalue weighted by atomic mass is 32.1. The Labute approximate surface area is 80.4 Å². The van der Waals surface area contributed by atoms with Crippen molar-refractivity contribution in [3.05, 3.63) is 6.20 Å². The zero-order valence-electron chi connectivity index (χ0n) is 7.18. The highest BCUT2D eigenvalue weighted by Gasteiger charge is 2.07. The van der Waals surface area contributed by atoms with Crippen LogP contribution in [0, 0.1) is 0 Å². The molecule has 0 aliphatic carbocycles. The number of aliphatic hydroxyl groups excluding tert-OH is 2. The van der Waals surface area contributed by atoms with Crippen molar-refractivity contribution in [2.24, 2.45) is 0 Å². The summed E-state index contributed by atoms with van der Waals surface area (Å²) in [5.74, 6) is 0. The summed E-state index contributed by atoms with van der Waals surface area (Å²) in [6, 6.07) is 0. The number of nitrogens with two attached hydrogens (primary N) is 1. The maximum absolute atomic E-state index is 8.76. The fourth-order valence-corrected chi connectivity index (χ4v) is 1.74. The van der Waals surface area contributed by atoms with E-state index in [1.165, 1.54) is 11.3 Å². The van der Waals surface area contributed by atoms with E-state index in [9.17, 15) is 0 Å². The molecule has 0 aromatic carbocycles. The molecule has 13 heavy (non-hydrogen) atoms. The average molecular weight is 203 g/mol. The van der Waals surface area contributed by atoms with Crippen molar-refractivity contribution in [3.8, 4) is 0 Å². The second-order valence-corrected chi connectivity index (χ2v) is 3.51. The topological polar surface area (TPSA) is 82.6 Å². The van der Waals surface area contributed by atoms with Crippen LogP contribution in [0.2, 0.25) is 0 Å². The highest BCUT2D eigenvalue weighted by molar-refractivity contribution is 7.19. The Bertz CT molecular complexity index is 248. The van der Waals surface area contributed by atoms with Gasteiger partial charge in [0.05, 0.1) is 19.4 Å². The van der Waals surface area contributed by atoms with Crippen molar-refractivity contribution in [3.63, 3.8) is 0 Å². The molecular weight excluding hydrogens is 190 g/mol. The van der Waals surface area contributed by atoms with Crippen LogP contribution in [0.3, 0.4) is 0 Å². The molecule has 0 bridgehead atoms. The van der Waals surface area contributed by atoms with E-state index in [1.807, 2.05) is 4.90 Å². The van der Waals surface area contributed by atoms with Gasteiger partial charge in [-0.2, -0.15) is 0 Å². The average Bonchev–Trinajstić information content (AvgIpc) is 2.51. The molecule has 1 rings (SSSR count). The largest absolute Gasteiger partial charge is 0.395 e. The molecule has 1 heterocycles. The normalized spacial score (nSPS) is 10.3. The Hall–Kier alpha value is -0.850. The number of aliphatic hydroxyl groups is 2. The molecule has 0 fully saturated rings. The number of hydrogen-bond donors (Lipinski definition) is 3. The molecule has 0 spiro atoms. The lowest BCUT2D eigenvalue weighted by molar-refractivity contribution is 0.281. The minimum Gasteiger partial charge on any atom is -0.395 e. The molecule has 6 heteroatoms. The number of hydrogen-bond acceptors (Lipinski definition) is 6. The van der Waals surface area contributed by atoms with Crippen LogP contribution in [0.25, 0.3) is 0 Å². The molecular formula is C7H13N3O2S. The third kappa shape index (κ3) is 2.83. The molecule has 0 aliphatic heterocycles. The second-order valence-electron chi connectivity index (χ2n) is 2.47. The molecule has 1 aromatic heterocycles. The van der Waals surface area contributed by atoms with Gasteiger partial charge in [0, 0.05) is 13.1 Å². The number of nitrogens with zero attached hydrogens (tertiary/aromatic N) is 2. The van der Waals surface area contributed by atoms with Crippen LogP contribution in [0.1, 0.15) is 0 Å². The maximum atomic E-state index is 8.76. The smallest absolute Gasteiger partial charge is 0.181 e. The summed E-state index contributed by atoms with van der Waals surface area (Å²) in [7, 11) is 0. The Morgan fingerprint density at radius 3 is 2.38 bits per heavy atom. The summed E-state index contributed by atoms with van der Waals surface area (Å²) >= 11 is 1.35. The minimum absolute atomic E-state index is 0.0534. The van der Waals surface area contributed by atoms with Crippen LogP contribution in [0.4, 0.5) is 10.1 Å². The molecule has 0 radical (unpaired) electrons. The van der Waals surface area contributed by atoms with Gasteiger partial charge in [-0.1, -0.05) is 11.3 Å². The fourth-order valence-electron chi connectivity index (χ4n) is 0.998. The maximum Gasteiger partial charge on any atom is 0.181 e. The highest BCUT2D eigenvalue weighted by Crippen LogP contribution is 2.24. The third-order valence-corrected chi connectivity index (χ3v) is 2.45. The first-order valence-corrected chi connectivity index (χ1v) is 4.77. The monoisotopic (exact) mass is 203 g/mol. The SMILES string of the molecule is Nc1ncc(N(CCO)CCO)s1. The van der Waals surface area contributed by atoms with E-state index in [0.717, 1.165) is 5.00 Å². The summed E-state index contributed by atoms with van der Waals surface area (Å²) < 4.78 is 0. The predicted octanol–water partition coefficient (Wildman–Crippen LogP) is -0.484. The molecule has 0 saturated carbocycles. The summed E-state index contributed by atoms with van der Waals surface area (Å²) in [6.07, 6.45) is 1.64. The van der Waals surface area contributed by atoms with Crippen LogP contribution in [-0.2, 0) is 0 Å². The minimum atomic E-state index is 0.0534. The van der Waals surface area contributed by atoms with Gasteiger partial charge >= 0.3 is 0 Å². The summed E-state index contributed by atoms with van der Waals surface area (Å²) in [4.78, 5) is 5.73. The van der Waals surface area contributed by atoms with Crippen molar-refractivity contribution < 1.29 is 10.2 Å². The first kappa shape index (κ1) is 10.2. The van der Waals surface area contributed by atoms with Crippen molar-refractivity contribution >= 4 is 21.5 Å². The van der Waals surface area contributed by atoms with Crippen molar-refractivity contribution in [2.75, 3.05) is 36.9 Å². The first-order valence-electron chi connectivity index (χ1n) is 3.96. The first-order chi connectivity index (χ1) is 6.27. The number of rotatable bonds is 5. The lowest BCUT2D eigenvalue weighted by Gasteiger charge is -2.19. The Balaban J connectivity index is 2.63. The summed E-state index contributed by atoms with van der Waals surface area (Å²) in [5, 5.41) is 18.9. The van der Waals surface area contributed by atoms with Gasteiger partial charge in [0.25, 0.3) is 0 Å². The molecule has 1 aromatic rings. The summed E-state index contributed by atoms with van der Waals surface area (Å²) in [5.41, 5.74) is 5.46. The van der Waals surface area contributed by atoms with Gasteiger partial charge in [0.15, 0.2) is 5.13 Å². The molecule has 0 unspecified atom stereocenters. The number of anilines is 2. The van der Waals surface area contributed by atoms with Gasteiger partial charge in [-0.15, -0.1) is 0 Å². The van der Waals surface area contributed by atoms with Gasteiger partial charge in [-0.05, 0) is 0 Å². The zero-order chi connectivity index (χ0) is 9.68. The molecule has 0 aliphatic rings.